The molecular weight excluding hydrogens is 296 g/mol. The molecule has 0 aromatic heterocycles. The Kier molecular flexibility index (Phi) is 4.61. The summed E-state index contributed by atoms with van der Waals surface area (Å²) in [6, 6.07) is 0. The van der Waals surface area contributed by atoms with Crippen LogP contribution in [0, 0.1) is 11.8 Å². The Bertz CT molecular complexity index is 551. The van der Waals surface area contributed by atoms with Gasteiger partial charge in [0, 0.05) is 31.3 Å². The molecule has 6 nitrogen and oxygen atoms in total. The van der Waals surface area contributed by atoms with E-state index in [0.717, 1.165) is 32.1 Å². The van der Waals surface area contributed by atoms with Crippen LogP contribution in [0.4, 0.5) is 0 Å². The molecule has 0 bridgehead atoms. The van der Waals surface area contributed by atoms with Crippen LogP contribution in [0.2, 0.25) is 0 Å². The van der Waals surface area contributed by atoms with Crippen molar-refractivity contribution in [2.75, 3.05) is 13.1 Å². The number of aliphatic hydroxyl groups is 1. The summed E-state index contributed by atoms with van der Waals surface area (Å²) in [6.07, 6.45) is 9.69. The van der Waals surface area contributed by atoms with E-state index in [4.69, 9.17) is 0 Å². The van der Waals surface area contributed by atoms with Gasteiger partial charge in [0.1, 0.15) is 6.23 Å². The van der Waals surface area contributed by atoms with Crippen LogP contribution in [-0.2, 0) is 14.4 Å². The largest absolute Gasteiger partial charge is 0.370 e. The molecule has 0 aromatic rings. The second kappa shape index (κ2) is 6.66. The number of hydrogen-bond acceptors (Lipinski definition) is 4. The van der Waals surface area contributed by atoms with Crippen LogP contribution in [0.25, 0.3) is 0 Å². The molecule has 1 aliphatic carbocycles. The van der Waals surface area contributed by atoms with Crippen molar-refractivity contribution in [2.24, 2.45) is 11.8 Å². The lowest BCUT2D eigenvalue weighted by atomic mass is 9.97. The zero-order valence-electron chi connectivity index (χ0n) is 13.1. The third-order valence-electron chi connectivity index (χ3n) is 5.02. The van der Waals surface area contributed by atoms with Gasteiger partial charge in [-0.05, 0) is 43.6 Å². The topological polar surface area (TPSA) is 77.9 Å². The van der Waals surface area contributed by atoms with E-state index in [-0.39, 0.29) is 17.7 Å². The third kappa shape index (κ3) is 3.52. The molecule has 3 amide bonds. The fraction of sp³-hybridized carbons (Fsp3) is 0.588. The van der Waals surface area contributed by atoms with Crippen molar-refractivity contribution >= 4 is 17.7 Å². The van der Waals surface area contributed by atoms with Crippen molar-refractivity contribution < 1.29 is 19.5 Å². The number of imide groups is 1. The van der Waals surface area contributed by atoms with Crippen molar-refractivity contribution in [3.63, 3.8) is 0 Å². The van der Waals surface area contributed by atoms with Gasteiger partial charge in [-0.15, -0.1) is 0 Å². The number of aliphatic hydroxyl groups excluding tert-OH is 1. The summed E-state index contributed by atoms with van der Waals surface area (Å²) in [5, 5.41) is 9.79. The molecule has 1 N–H and O–H groups in total. The van der Waals surface area contributed by atoms with E-state index in [9.17, 15) is 19.5 Å². The molecule has 0 radical (unpaired) electrons. The first-order valence-electron chi connectivity index (χ1n) is 8.25. The van der Waals surface area contributed by atoms with Crippen LogP contribution in [0.15, 0.2) is 24.3 Å². The van der Waals surface area contributed by atoms with E-state index in [2.05, 4.69) is 0 Å². The fourth-order valence-electron chi connectivity index (χ4n) is 3.66. The zero-order valence-corrected chi connectivity index (χ0v) is 13.1. The SMILES string of the molecule is O=C1C=CC(=O)N1CC1CCCC(CN2C(=O)C=CC2O)CC1. The van der Waals surface area contributed by atoms with Crippen molar-refractivity contribution in [1.29, 1.82) is 0 Å². The first-order valence-corrected chi connectivity index (χ1v) is 8.25. The van der Waals surface area contributed by atoms with E-state index in [1.165, 1.54) is 34.1 Å². The highest BCUT2D eigenvalue weighted by atomic mass is 16.3. The summed E-state index contributed by atoms with van der Waals surface area (Å²) in [5.41, 5.74) is 0. The molecule has 0 spiro atoms. The molecule has 3 rings (SSSR count). The number of rotatable bonds is 4. The second-order valence-electron chi connectivity index (χ2n) is 6.62. The van der Waals surface area contributed by atoms with Crippen LogP contribution in [-0.4, -0.2) is 51.9 Å². The Morgan fingerprint density at radius 2 is 1.48 bits per heavy atom. The minimum atomic E-state index is -0.799. The maximum absolute atomic E-state index is 11.7. The Morgan fingerprint density at radius 3 is 2.04 bits per heavy atom. The van der Waals surface area contributed by atoms with Crippen LogP contribution in [0.5, 0.6) is 0 Å². The summed E-state index contributed by atoms with van der Waals surface area (Å²) >= 11 is 0. The van der Waals surface area contributed by atoms with Crippen molar-refractivity contribution in [3.05, 3.63) is 24.3 Å². The van der Waals surface area contributed by atoms with Gasteiger partial charge in [0.15, 0.2) is 0 Å². The number of amides is 3. The van der Waals surface area contributed by atoms with Gasteiger partial charge < -0.3 is 10.0 Å². The first-order chi connectivity index (χ1) is 11.0. The van der Waals surface area contributed by atoms with Gasteiger partial charge >= 0.3 is 0 Å². The molecule has 23 heavy (non-hydrogen) atoms. The number of hydrogen-bond donors (Lipinski definition) is 1. The van der Waals surface area contributed by atoms with Gasteiger partial charge in [-0.25, -0.2) is 0 Å². The van der Waals surface area contributed by atoms with Crippen LogP contribution < -0.4 is 0 Å². The van der Waals surface area contributed by atoms with Gasteiger partial charge in [-0.3, -0.25) is 19.3 Å². The van der Waals surface area contributed by atoms with Gasteiger partial charge in [0.25, 0.3) is 11.8 Å². The molecule has 2 heterocycles. The Balaban J connectivity index is 1.50. The summed E-state index contributed by atoms with van der Waals surface area (Å²) in [6.45, 7) is 1.06. The third-order valence-corrected chi connectivity index (χ3v) is 5.02. The molecule has 3 aliphatic rings. The first kappa shape index (κ1) is 15.9. The zero-order chi connectivity index (χ0) is 16.4. The predicted octanol–water partition coefficient (Wildman–Crippen LogP) is 0.825. The molecule has 1 fully saturated rings. The Morgan fingerprint density at radius 1 is 0.870 bits per heavy atom. The van der Waals surface area contributed by atoms with Gasteiger partial charge in [0.05, 0.1) is 0 Å². The van der Waals surface area contributed by atoms with E-state index in [0.29, 0.717) is 24.9 Å². The lowest BCUT2D eigenvalue weighted by Gasteiger charge is -2.26. The van der Waals surface area contributed by atoms with E-state index < -0.39 is 6.23 Å². The van der Waals surface area contributed by atoms with Gasteiger partial charge in [0.2, 0.25) is 5.91 Å². The molecule has 124 valence electrons. The normalized spacial score (nSPS) is 31.3. The van der Waals surface area contributed by atoms with Crippen LogP contribution >= 0.6 is 0 Å². The summed E-state index contributed by atoms with van der Waals surface area (Å²) in [5.74, 6) is 0.129. The predicted molar refractivity (Wildman–Crippen MR) is 82.8 cm³/mol. The van der Waals surface area contributed by atoms with Crippen molar-refractivity contribution in [3.8, 4) is 0 Å². The fourth-order valence-corrected chi connectivity index (χ4v) is 3.66. The maximum atomic E-state index is 11.7. The molecular formula is C17H22N2O4. The van der Waals surface area contributed by atoms with Crippen LogP contribution in [0.3, 0.4) is 0 Å². The van der Waals surface area contributed by atoms with Crippen LogP contribution in [0.1, 0.15) is 32.1 Å². The van der Waals surface area contributed by atoms with E-state index in [1.807, 2.05) is 0 Å². The van der Waals surface area contributed by atoms with E-state index in [1.54, 1.807) is 0 Å². The molecule has 0 saturated heterocycles. The molecule has 6 heteroatoms. The maximum Gasteiger partial charge on any atom is 0.253 e. The van der Waals surface area contributed by atoms with Gasteiger partial charge in [-0.1, -0.05) is 6.42 Å². The molecule has 3 atom stereocenters. The Labute approximate surface area is 135 Å². The second-order valence-corrected chi connectivity index (χ2v) is 6.62. The quantitative estimate of drug-likeness (QED) is 0.615. The average Bonchev–Trinajstić information content (AvgIpc) is 2.91. The molecule has 0 aromatic carbocycles. The summed E-state index contributed by atoms with van der Waals surface area (Å²) in [4.78, 5) is 37.8. The number of nitrogens with zero attached hydrogens (tertiary/aromatic N) is 2. The highest BCUT2D eigenvalue weighted by Crippen LogP contribution is 2.30. The van der Waals surface area contributed by atoms with Crippen molar-refractivity contribution in [1.82, 2.24) is 9.80 Å². The molecule has 3 unspecified atom stereocenters. The minimum Gasteiger partial charge on any atom is -0.370 e. The highest BCUT2D eigenvalue weighted by molar-refractivity contribution is 6.12. The highest BCUT2D eigenvalue weighted by Gasteiger charge is 2.30. The average molecular weight is 318 g/mol. The smallest absolute Gasteiger partial charge is 0.253 e. The molecule has 1 saturated carbocycles. The lowest BCUT2D eigenvalue weighted by Crippen LogP contribution is -2.37. The van der Waals surface area contributed by atoms with Gasteiger partial charge in [-0.2, -0.15) is 0 Å². The van der Waals surface area contributed by atoms with Crippen molar-refractivity contribution in [2.45, 2.75) is 38.3 Å². The number of carbonyl (C=O) groups is 3. The lowest BCUT2D eigenvalue weighted by molar-refractivity contribution is -0.137. The minimum absolute atomic E-state index is 0.127. The monoisotopic (exact) mass is 318 g/mol. The summed E-state index contributed by atoms with van der Waals surface area (Å²) < 4.78 is 0. The Hall–Kier alpha value is -1.95. The summed E-state index contributed by atoms with van der Waals surface area (Å²) in [7, 11) is 0. The van der Waals surface area contributed by atoms with E-state index >= 15 is 0 Å². The number of carbonyl (C=O) groups excluding carboxylic acids is 3. The standard InChI is InChI=1S/C17H22N2O4/c20-14-6-7-15(21)18(14)10-12-2-1-3-13(5-4-12)11-19-16(22)8-9-17(19)23/h6-9,12-14,20H,1-5,10-11H2. The molecule has 2 aliphatic heterocycles.